The number of hydrogen-bond acceptors (Lipinski definition) is 5. The average Bonchev–Trinajstić information content (AvgIpc) is 2.85. The lowest BCUT2D eigenvalue weighted by Gasteiger charge is -2.33. The molecule has 0 spiro atoms. The molecule has 122 valence electrons. The van der Waals surface area contributed by atoms with Crippen molar-refractivity contribution in [3.8, 4) is 0 Å². The fourth-order valence-electron chi connectivity index (χ4n) is 2.45. The van der Waals surface area contributed by atoms with Crippen molar-refractivity contribution in [2.45, 2.75) is 39.2 Å². The lowest BCUT2D eigenvalue weighted by molar-refractivity contribution is 0.0201. The zero-order chi connectivity index (χ0) is 16.3. The second-order valence-electron chi connectivity index (χ2n) is 6.32. The maximum atomic E-state index is 12.1. The summed E-state index contributed by atoms with van der Waals surface area (Å²) in [6, 6.07) is 1.95. The van der Waals surface area contributed by atoms with Gasteiger partial charge in [0.1, 0.15) is 11.3 Å². The molecule has 1 aromatic rings. The van der Waals surface area contributed by atoms with Crippen molar-refractivity contribution in [1.29, 1.82) is 0 Å². The maximum Gasteiger partial charge on any atom is 0.410 e. The summed E-state index contributed by atoms with van der Waals surface area (Å²) < 4.78 is 6.34. The Balaban J connectivity index is 1.97. The zero-order valence-corrected chi connectivity index (χ0v) is 15.4. The van der Waals surface area contributed by atoms with Gasteiger partial charge in [-0.25, -0.2) is 4.79 Å². The third kappa shape index (κ3) is 4.23. The van der Waals surface area contributed by atoms with Gasteiger partial charge in [-0.05, 0) is 61.0 Å². The molecule has 1 aromatic heterocycles. The molecule has 0 radical (unpaired) electrons. The number of halogens is 1. The number of nitrogens with zero attached hydrogens (tertiary/aromatic N) is 2. The largest absolute Gasteiger partial charge is 0.444 e. The fraction of sp³-hybridized carbons (Fsp3) is 0.600. The topological polar surface area (TPSA) is 62.1 Å². The van der Waals surface area contributed by atoms with E-state index in [1.807, 2.05) is 32.2 Å². The van der Waals surface area contributed by atoms with Gasteiger partial charge in [-0.2, -0.15) is 0 Å². The Morgan fingerprint density at radius 1 is 1.45 bits per heavy atom. The number of ether oxygens (including phenoxy) is 1. The highest BCUT2D eigenvalue weighted by Gasteiger charge is 2.30. The van der Waals surface area contributed by atoms with Gasteiger partial charge in [0, 0.05) is 23.5 Å². The first kappa shape index (κ1) is 17.3. The molecule has 0 saturated carbocycles. The van der Waals surface area contributed by atoms with Crippen LogP contribution in [0.4, 0.5) is 4.79 Å². The van der Waals surface area contributed by atoms with Crippen LogP contribution in [0.15, 0.2) is 21.1 Å². The smallest absolute Gasteiger partial charge is 0.410 e. The van der Waals surface area contributed by atoms with Crippen LogP contribution in [0.25, 0.3) is 0 Å². The number of thiophene rings is 1. The molecular formula is C15H21BrN2O3S. The highest BCUT2D eigenvalue weighted by Crippen LogP contribution is 2.30. The predicted molar refractivity (Wildman–Crippen MR) is 90.9 cm³/mol. The van der Waals surface area contributed by atoms with E-state index in [4.69, 9.17) is 4.74 Å². The molecule has 1 aliphatic rings. The van der Waals surface area contributed by atoms with Gasteiger partial charge in [0.25, 0.3) is 0 Å². The minimum absolute atomic E-state index is 0.152. The van der Waals surface area contributed by atoms with Gasteiger partial charge in [-0.3, -0.25) is 0 Å². The first-order valence-electron chi connectivity index (χ1n) is 7.25. The van der Waals surface area contributed by atoms with E-state index in [1.54, 1.807) is 16.2 Å². The van der Waals surface area contributed by atoms with Crippen LogP contribution in [0.3, 0.4) is 0 Å². The van der Waals surface area contributed by atoms with Crippen LogP contribution in [-0.4, -0.2) is 40.6 Å². The summed E-state index contributed by atoms with van der Waals surface area (Å²) in [5.74, 6) is 0.152. The van der Waals surface area contributed by atoms with E-state index < -0.39 is 5.60 Å². The van der Waals surface area contributed by atoms with Crippen LogP contribution < -0.4 is 0 Å². The standard InChI is InChI=1S/C15H21BrN2O3S/c1-15(2,3)21-14(19)18-7-4-10(5-8-18)12(17-20)13-11(16)6-9-22-13/h6,9-10,20H,4-5,7-8H2,1-3H3/b17-12+. The number of hydrogen-bond donors (Lipinski definition) is 1. The Hall–Kier alpha value is -1.08. The van der Waals surface area contributed by atoms with Gasteiger partial charge in [-0.15, -0.1) is 11.3 Å². The maximum absolute atomic E-state index is 12.1. The summed E-state index contributed by atoms with van der Waals surface area (Å²) in [5, 5.41) is 14.8. The lowest BCUT2D eigenvalue weighted by atomic mass is 9.91. The first-order chi connectivity index (χ1) is 10.3. The third-order valence-electron chi connectivity index (χ3n) is 3.49. The molecule has 1 saturated heterocycles. The summed E-state index contributed by atoms with van der Waals surface area (Å²) >= 11 is 5.02. The molecule has 5 nitrogen and oxygen atoms in total. The number of likely N-dealkylation sites (tertiary alicyclic amines) is 1. The molecule has 1 N–H and O–H groups in total. The first-order valence-corrected chi connectivity index (χ1v) is 8.92. The van der Waals surface area contributed by atoms with Crippen LogP contribution in [0.2, 0.25) is 0 Å². The fourth-order valence-corrected chi connectivity index (χ4v) is 4.09. The van der Waals surface area contributed by atoms with E-state index in [1.165, 1.54) is 0 Å². The number of amides is 1. The highest BCUT2D eigenvalue weighted by atomic mass is 79.9. The Bertz CT molecular complexity index is 557. The number of carbonyl (C=O) groups excluding carboxylic acids is 1. The second-order valence-corrected chi connectivity index (χ2v) is 8.10. The molecule has 2 rings (SSSR count). The number of piperidine rings is 1. The van der Waals surface area contributed by atoms with Crippen molar-refractivity contribution in [3.63, 3.8) is 0 Å². The van der Waals surface area contributed by atoms with E-state index >= 15 is 0 Å². The molecule has 1 amide bonds. The van der Waals surface area contributed by atoms with Crippen LogP contribution in [0.1, 0.15) is 38.5 Å². The highest BCUT2D eigenvalue weighted by molar-refractivity contribution is 9.10. The molecule has 0 aromatic carbocycles. The quantitative estimate of drug-likeness (QED) is 0.465. The van der Waals surface area contributed by atoms with Gasteiger partial charge in [0.05, 0.1) is 4.88 Å². The van der Waals surface area contributed by atoms with Crippen LogP contribution in [0, 0.1) is 5.92 Å². The minimum atomic E-state index is -0.479. The third-order valence-corrected chi connectivity index (χ3v) is 5.35. The summed E-state index contributed by atoms with van der Waals surface area (Å²) in [6.07, 6.45) is 1.26. The molecule has 2 heterocycles. The Labute approximate surface area is 143 Å². The van der Waals surface area contributed by atoms with E-state index in [0.717, 1.165) is 22.2 Å². The Morgan fingerprint density at radius 3 is 2.55 bits per heavy atom. The van der Waals surface area contributed by atoms with Crippen molar-refractivity contribution in [2.75, 3.05) is 13.1 Å². The predicted octanol–water partition coefficient (Wildman–Crippen LogP) is 4.34. The van der Waals surface area contributed by atoms with Crippen molar-refractivity contribution in [3.05, 3.63) is 20.8 Å². The number of oxime groups is 1. The number of rotatable bonds is 2. The second kappa shape index (κ2) is 7.00. The molecule has 1 fully saturated rings. The summed E-state index contributed by atoms with van der Waals surface area (Å²) in [6.45, 7) is 6.82. The van der Waals surface area contributed by atoms with E-state index in [0.29, 0.717) is 18.8 Å². The summed E-state index contributed by atoms with van der Waals surface area (Å²) in [7, 11) is 0. The molecule has 0 aliphatic carbocycles. The molecule has 0 bridgehead atoms. The molecule has 7 heteroatoms. The summed E-state index contributed by atoms with van der Waals surface area (Å²) in [4.78, 5) is 14.7. The van der Waals surface area contributed by atoms with Gasteiger partial charge >= 0.3 is 6.09 Å². The van der Waals surface area contributed by atoms with Gasteiger partial charge < -0.3 is 14.8 Å². The van der Waals surface area contributed by atoms with E-state index in [2.05, 4.69) is 21.1 Å². The van der Waals surface area contributed by atoms with Gasteiger partial charge in [0.2, 0.25) is 0 Å². The zero-order valence-electron chi connectivity index (χ0n) is 13.0. The van der Waals surface area contributed by atoms with Crippen LogP contribution in [-0.2, 0) is 4.74 Å². The minimum Gasteiger partial charge on any atom is -0.444 e. The van der Waals surface area contributed by atoms with Crippen molar-refractivity contribution in [2.24, 2.45) is 11.1 Å². The SMILES string of the molecule is CC(C)(C)OC(=O)N1CCC(/C(=N\O)c2sccc2Br)CC1. The van der Waals surface area contributed by atoms with Crippen LogP contribution in [0.5, 0.6) is 0 Å². The van der Waals surface area contributed by atoms with Crippen LogP contribution >= 0.6 is 27.3 Å². The summed E-state index contributed by atoms with van der Waals surface area (Å²) in [5.41, 5.74) is 0.221. The monoisotopic (exact) mass is 388 g/mol. The van der Waals surface area contributed by atoms with Gasteiger partial charge in [0.15, 0.2) is 0 Å². The molecular weight excluding hydrogens is 368 g/mol. The molecule has 0 atom stereocenters. The average molecular weight is 389 g/mol. The number of carbonyl (C=O) groups is 1. The van der Waals surface area contributed by atoms with E-state index in [-0.39, 0.29) is 12.0 Å². The van der Waals surface area contributed by atoms with E-state index in [9.17, 15) is 10.0 Å². The van der Waals surface area contributed by atoms with Crippen molar-refractivity contribution < 1.29 is 14.7 Å². The van der Waals surface area contributed by atoms with Crippen molar-refractivity contribution >= 4 is 39.1 Å². The Kier molecular flexibility index (Phi) is 5.50. The lowest BCUT2D eigenvalue weighted by Crippen LogP contribution is -2.43. The Morgan fingerprint density at radius 2 is 2.09 bits per heavy atom. The van der Waals surface area contributed by atoms with Gasteiger partial charge in [-0.1, -0.05) is 5.16 Å². The molecule has 22 heavy (non-hydrogen) atoms. The van der Waals surface area contributed by atoms with Crippen molar-refractivity contribution in [1.82, 2.24) is 4.90 Å². The molecule has 0 unspecified atom stereocenters. The molecule has 1 aliphatic heterocycles. The normalized spacial score (nSPS) is 17.6.